The number of aryl methyl sites for hydroxylation is 3. The lowest BCUT2D eigenvalue weighted by molar-refractivity contribution is -0.157. The van der Waals surface area contributed by atoms with Gasteiger partial charge in [-0.25, -0.2) is 9.59 Å². The van der Waals surface area contributed by atoms with E-state index < -0.39 is 23.7 Å². The van der Waals surface area contributed by atoms with Gasteiger partial charge in [0.15, 0.2) is 0 Å². The fourth-order valence-electron chi connectivity index (χ4n) is 3.83. The van der Waals surface area contributed by atoms with E-state index in [1.54, 1.807) is 20.8 Å². The lowest BCUT2D eigenvalue weighted by Gasteiger charge is -2.25. The Labute approximate surface area is 208 Å². The summed E-state index contributed by atoms with van der Waals surface area (Å²) in [7, 11) is 0. The standard InChI is InChI=1S/C28H38N2O5/c1-19-16-20(2)24(21(3)17-19)25(31)30-23(26(32)35-28(4,5)6)14-10-11-15-29-27(33)34-18-22-12-8-7-9-13-22/h7-9,12-13,16-17,23H,10-11,14-15,18H2,1-6H3,(H,29,33)(H,30,31)/t23-/m0/s1. The van der Waals surface area contributed by atoms with E-state index in [0.29, 0.717) is 31.4 Å². The molecule has 1 atom stereocenters. The summed E-state index contributed by atoms with van der Waals surface area (Å²) < 4.78 is 10.7. The van der Waals surface area contributed by atoms with Crippen LogP contribution in [-0.4, -0.2) is 36.2 Å². The highest BCUT2D eigenvalue weighted by atomic mass is 16.6. The van der Waals surface area contributed by atoms with E-state index in [1.807, 2.05) is 63.2 Å². The summed E-state index contributed by atoms with van der Waals surface area (Å²) in [6.45, 7) is 11.8. The topological polar surface area (TPSA) is 93.7 Å². The molecule has 2 N–H and O–H groups in total. The summed E-state index contributed by atoms with van der Waals surface area (Å²) in [5, 5.41) is 5.59. The number of ether oxygens (including phenoxy) is 2. The molecule has 0 radical (unpaired) electrons. The Balaban J connectivity index is 1.89. The highest BCUT2D eigenvalue weighted by Crippen LogP contribution is 2.18. The predicted molar refractivity (Wildman–Crippen MR) is 136 cm³/mol. The molecule has 0 aliphatic heterocycles. The van der Waals surface area contributed by atoms with Crippen molar-refractivity contribution in [1.29, 1.82) is 0 Å². The second-order valence-corrected chi connectivity index (χ2v) is 9.82. The van der Waals surface area contributed by atoms with Gasteiger partial charge in [0, 0.05) is 12.1 Å². The van der Waals surface area contributed by atoms with E-state index in [1.165, 1.54) is 0 Å². The smallest absolute Gasteiger partial charge is 0.407 e. The number of amides is 2. The van der Waals surface area contributed by atoms with Gasteiger partial charge in [0.25, 0.3) is 5.91 Å². The van der Waals surface area contributed by atoms with Crippen molar-refractivity contribution in [2.24, 2.45) is 0 Å². The van der Waals surface area contributed by atoms with Crippen molar-refractivity contribution in [3.05, 3.63) is 70.3 Å². The van der Waals surface area contributed by atoms with Crippen molar-refractivity contribution in [2.45, 2.75) is 79.1 Å². The molecule has 2 aromatic carbocycles. The van der Waals surface area contributed by atoms with Crippen LogP contribution in [0.3, 0.4) is 0 Å². The number of rotatable bonds is 10. The third kappa shape index (κ3) is 9.81. The van der Waals surface area contributed by atoms with Crippen LogP contribution in [0.4, 0.5) is 4.79 Å². The van der Waals surface area contributed by atoms with Gasteiger partial charge in [0.05, 0.1) is 0 Å². The molecule has 0 heterocycles. The SMILES string of the molecule is Cc1cc(C)c(C(=O)N[C@@H](CCCCNC(=O)OCc2ccccc2)C(=O)OC(C)(C)C)c(C)c1. The Bertz CT molecular complexity index is 989. The number of hydrogen-bond acceptors (Lipinski definition) is 5. The second-order valence-electron chi connectivity index (χ2n) is 9.82. The maximum absolute atomic E-state index is 13.1. The largest absolute Gasteiger partial charge is 0.458 e. The van der Waals surface area contributed by atoms with Gasteiger partial charge < -0.3 is 20.1 Å². The second kappa shape index (κ2) is 12.9. The van der Waals surface area contributed by atoms with Gasteiger partial charge in [-0.2, -0.15) is 0 Å². The number of carbonyl (C=O) groups excluding carboxylic acids is 3. The predicted octanol–water partition coefficient (Wildman–Crippen LogP) is 5.15. The van der Waals surface area contributed by atoms with Crippen molar-refractivity contribution < 1.29 is 23.9 Å². The molecule has 0 aromatic heterocycles. The minimum absolute atomic E-state index is 0.206. The van der Waals surface area contributed by atoms with Gasteiger partial charge in [-0.05, 0) is 77.5 Å². The fourth-order valence-corrected chi connectivity index (χ4v) is 3.83. The molecule has 0 bridgehead atoms. The summed E-state index contributed by atoms with van der Waals surface area (Å²) in [4.78, 5) is 37.8. The fraction of sp³-hybridized carbons (Fsp3) is 0.464. The first-order chi connectivity index (χ1) is 16.5. The highest BCUT2D eigenvalue weighted by Gasteiger charge is 2.27. The summed E-state index contributed by atoms with van der Waals surface area (Å²) in [5.74, 6) is -0.762. The normalized spacial score (nSPS) is 11.9. The lowest BCUT2D eigenvalue weighted by Crippen LogP contribution is -2.44. The lowest BCUT2D eigenvalue weighted by atomic mass is 9.98. The Morgan fingerprint density at radius 2 is 1.57 bits per heavy atom. The van der Waals surface area contributed by atoms with E-state index in [2.05, 4.69) is 10.6 Å². The molecule has 2 rings (SSSR count). The summed E-state index contributed by atoms with van der Waals surface area (Å²) in [5.41, 5.74) is 3.63. The number of hydrogen-bond donors (Lipinski definition) is 2. The number of benzene rings is 2. The van der Waals surface area contributed by atoms with Crippen LogP contribution in [0.2, 0.25) is 0 Å². The first-order valence-electron chi connectivity index (χ1n) is 12.0. The summed E-state index contributed by atoms with van der Waals surface area (Å²) in [6.07, 6.45) is 1.13. The number of alkyl carbamates (subject to hydrolysis) is 1. The quantitative estimate of drug-likeness (QED) is 0.361. The van der Waals surface area contributed by atoms with Gasteiger partial charge >= 0.3 is 12.1 Å². The van der Waals surface area contributed by atoms with Crippen LogP contribution in [0.1, 0.15) is 72.6 Å². The van der Waals surface area contributed by atoms with Crippen molar-refractivity contribution in [1.82, 2.24) is 10.6 Å². The van der Waals surface area contributed by atoms with Gasteiger partial charge in [0.2, 0.25) is 0 Å². The average molecular weight is 483 g/mol. The molecule has 190 valence electrons. The van der Waals surface area contributed by atoms with E-state index in [0.717, 1.165) is 22.3 Å². The van der Waals surface area contributed by atoms with Gasteiger partial charge in [0.1, 0.15) is 18.2 Å². The molecule has 7 nitrogen and oxygen atoms in total. The first kappa shape index (κ1) is 27.9. The average Bonchev–Trinajstić information content (AvgIpc) is 2.75. The van der Waals surface area contributed by atoms with E-state index in [-0.39, 0.29) is 12.5 Å². The molecule has 0 aliphatic rings. The van der Waals surface area contributed by atoms with Crippen molar-refractivity contribution in [3.63, 3.8) is 0 Å². The van der Waals surface area contributed by atoms with Crippen molar-refractivity contribution in [2.75, 3.05) is 6.54 Å². The molecule has 7 heteroatoms. The molecule has 0 fully saturated rings. The Morgan fingerprint density at radius 1 is 0.943 bits per heavy atom. The van der Waals surface area contributed by atoms with Crippen LogP contribution in [0, 0.1) is 20.8 Å². The monoisotopic (exact) mass is 482 g/mol. The number of unbranched alkanes of at least 4 members (excludes halogenated alkanes) is 1. The molecular formula is C28H38N2O5. The molecule has 0 spiro atoms. The maximum Gasteiger partial charge on any atom is 0.407 e. The minimum Gasteiger partial charge on any atom is -0.458 e. The zero-order valence-electron chi connectivity index (χ0n) is 21.7. The molecule has 0 aliphatic carbocycles. The first-order valence-corrected chi connectivity index (χ1v) is 12.0. The molecule has 2 aromatic rings. The van der Waals surface area contributed by atoms with E-state index >= 15 is 0 Å². The van der Waals surface area contributed by atoms with Crippen molar-refractivity contribution >= 4 is 18.0 Å². The molecule has 2 amide bonds. The number of esters is 1. The third-order valence-corrected chi connectivity index (χ3v) is 5.30. The van der Waals surface area contributed by atoms with Gasteiger partial charge in [-0.15, -0.1) is 0 Å². The maximum atomic E-state index is 13.1. The molecule has 0 saturated carbocycles. The molecule has 0 unspecified atom stereocenters. The minimum atomic E-state index is -0.785. The molecule has 0 saturated heterocycles. The number of nitrogens with one attached hydrogen (secondary N) is 2. The summed E-state index contributed by atoms with van der Waals surface area (Å²) in [6, 6.07) is 12.6. The van der Waals surface area contributed by atoms with Gasteiger partial charge in [-0.1, -0.05) is 48.0 Å². The number of carbonyl (C=O) groups is 3. The Morgan fingerprint density at radius 3 is 2.17 bits per heavy atom. The third-order valence-electron chi connectivity index (χ3n) is 5.30. The summed E-state index contributed by atoms with van der Waals surface area (Å²) >= 11 is 0. The van der Waals surface area contributed by atoms with E-state index in [4.69, 9.17) is 9.47 Å². The van der Waals surface area contributed by atoms with Crippen LogP contribution >= 0.6 is 0 Å². The molecular weight excluding hydrogens is 444 g/mol. The van der Waals surface area contributed by atoms with Crippen LogP contribution in [0.25, 0.3) is 0 Å². The molecule has 35 heavy (non-hydrogen) atoms. The van der Waals surface area contributed by atoms with Crippen LogP contribution < -0.4 is 10.6 Å². The zero-order valence-corrected chi connectivity index (χ0v) is 21.7. The van der Waals surface area contributed by atoms with Crippen LogP contribution in [0.15, 0.2) is 42.5 Å². The highest BCUT2D eigenvalue weighted by molar-refractivity contribution is 5.99. The van der Waals surface area contributed by atoms with Crippen molar-refractivity contribution in [3.8, 4) is 0 Å². The Hall–Kier alpha value is -3.35. The van der Waals surface area contributed by atoms with E-state index in [9.17, 15) is 14.4 Å². The van der Waals surface area contributed by atoms with Gasteiger partial charge in [-0.3, -0.25) is 4.79 Å². The zero-order chi connectivity index (χ0) is 26.0. The van der Waals surface area contributed by atoms with Crippen LogP contribution in [-0.2, 0) is 20.9 Å². The van der Waals surface area contributed by atoms with Crippen LogP contribution in [0.5, 0.6) is 0 Å². The Kier molecular flexibility index (Phi) is 10.3.